The van der Waals surface area contributed by atoms with Crippen LogP contribution in [0.25, 0.3) is 61.5 Å². The minimum atomic E-state index is -0.328. The molecule has 0 radical (unpaired) electrons. The summed E-state index contributed by atoms with van der Waals surface area (Å²) in [6.07, 6.45) is 14.5. The van der Waals surface area contributed by atoms with Crippen LogP contribution in [0.5, 0.6) is 0 Å². The van der Waals surface area contributed by atoms with E-state index in [1.54, 1.807) is 6.20 Å². The number of hydrogen-bond donors (Lipinski definition) is 0. The summed E-state index contributed by atoms with van der Waals surface area (Å²) in [5.74, 6) is 1.08. The van der Waals surface area contributed by atoms with E-state index < -0.39 is 0 Å². The molecule has 0 aliphatic heterocycles. The van der Waals surface area contributed by atoms with Gasteiger partial charge in [0.05, 0.1) is 16.8 Å². The fourth-order valence-electron chi connectivity index (χ4n) is 9.40. The number of benzene rings is 5. The summed E-state index contributed by atoms with van der Waals surface area (Å²) < 4.78 is 0. The first kappa shape index (κ1) is 31.5. The van der Waals surface area contributed by atoms with Gasteiger partial charge in [0.1, 0.15) is 0 Å². The Labute approximate surface area is 320 Å². The predicted octanol–water partition coefficient (Wildman–Crippen LogP) is 11.6. The van der Waals surface area contributed by atoms with Crippen LogP contribution in [0.1, 0.15) is 34.0 Å². The lowest BCUT2D eigenvalue weighted by Gasteiger charge is -2.36. The van der Waals surface area contributed by atoms with E-state index in [2.05, 4.69) is 168 Å². The third-order valence-electron chi connectivity index (χ3n) is 11.8. The molecule has 2 atom stereocenters. The molecular weight excluding hydrogens is 669 g/mol. The molecule has 55 heavy (non-hydrogen) atoms. The predicted molar refractivity (Wildman–Crippen MR) is 221 cm³/mol. The van der Waals surface area contributed by atoms with Gasteiger partial charge < -0.3 is 0 Å². The van der Waals surface area contributed by atoms with Crippen LogP contribution in [-0.2, 0) is 5.41 Å². The molecule has 3 aromatic heterocycles. The van der Waals surface area contributed by atoms with E-state index in [0.29, 0.717) is 0 Å². The molecular formula is C51H34N4. The van der Waals surface area contributed by atoms with Gasteiger partial charge in [-0.05, 0) is 74.3 Å². The zero-order valence-corrected chi connectivity index (χ0v) is 29.9. The van der Waals surface area contributed by atoms with Crippen molar-refractivity contribution in [1.29, 1.82) is 0 Å². The molecule has 0 fully saturated rings. The smallest absolute Gasteiger partial charge is 0.160 e. The van der Waals surface area contributed by atoms with Crippen LogP contribution in [-0.4, -0.2) is 19.9 Å². The highest BCUT2D eigenvalue weighted by Gasteiger charge is 2.57. The van der Waals surface area contributed by atoms with Crippen LogP contribution in [0.4, 0.5) is 0 Å². The van der Waals surface area contributed by atoms with Crippen molar-refractivity contribution in [3.05, 3.63) is 223 Å². The molecule has 1 spiro atoms. The third kappa shape index (κ3) is 4.92. The molecule has 5 aromatic carbocycles. The Kier molecular flexibility index (Phi) is 7.17. The maximum absolute atomic E-state index is 5.37. The van der Waals surface area contributed by atoms with Gasteiger partial charge in [-0.1, -0.05) is 146 Å². The Morgan fingerprint density at radius 2 is 1.04 bits per heavy atom. The fourth-order valence-corrected chi connectivity index (χ4v) is 9.40. The van der Waals surface area contributed by atoms with E-state index in [0.717, 1.165) is 56.2 Å². The first-order valence-corrected chi connectivity index (χ1v) is 18.9. The molecule has 4 heteroatoms. The first-order chi connectivity index (χ1) is 27.3. The maximum atomic E-state index is 5.37. The Hall–Kier alpha value is -7.04. The highest BCUT2D eigenvalue weighted by atomic mass is 14.9. The van der Waals surface area contributed by atoms with Crippen LogP contribution in [0, 0.1) is 5.92 Å². The van der Waals surface area contributed by atoms with Gasteiger partial charge in [0.2, 0.25) is 0 Å². The average Bonchev–Trinajstić information content (AvgIpc) is 3.74. The van der Waals surface area contributed by atoms with Crippen molar-refractivity contribution in [1.82, 2.24) is 19.9 Å². The Morgan fingerprint density at radius 1 is 0.455 bits per heavy atom. The summed E-state index contributed by atoms with van der Waals surface area (Å²) in [5, 5.41) is 0. The largest absolute Gasteiger partial charge is 0.264 e. The topological polar surface area (TPSA) is 51.6 Å². The lowest BCUT2D eigenvalue weighted by Crippen LogP contribution is -2.33. The number of fused-ring (bicyclic) bond motifs is 10. The van der Waals surface area contributed by atoms with Crippen molar-refractivity contribution in [3.63, 3.8) is 0 Å². The summed E-state index contributed by atoms with van der Waals surface area (Å²) in [5.41, 5.74) is 17.0. The molecule has 0 saturated carbocycles. The number of rotatable bonds is 5. The van der Waals surface area contributed by atoms with Gasteiger partial charge in [-0.15, -0.1) is 0 Å². The van der Waals surface area contributed by atoms with Gasteiger partial charge in [0.25, 0.3) is 0 Å². The molecule has 0 amide bonds. The molecule has 3 aliphatic rings. The summed E-state index contributed by atoms with van der Waals surface area (Å²) in [7, 11) is 0. The minimum absolute atomic E-state index is 0.137. The Morgan fingerprint density at radius 3 is 1.73 bits per heavy atom. The van der Waals surface area contributed by atoms with Crippen LogP contribution < -0.4 is 0 Å². The number of pyridine rings is 2. The van der Waals surface area contributed by atoms with Crippen molar-refractivity contribution >= 4 is 5.57 Å². The lowest BCUT2D eigenvalue weighted by molar-refractivity contribution is 0.467. The van der Waals surface area contributed by atoms with Crippen molar-refractivity contribution in [3.8, 4) is 55.9 Å². The van der Waals surface area contributed by atoms with E-state index in [1.165, 1.54) is 33.4 Å². The third-order valence-corrected chi connectivity index (χ3v) is 11.8. The van der Waals surface area contributed by atoms with Crippen molar-refractivity contribution in [2.45, 2.75) is 11.3 Å². The van der Waals surface area contributed by atoms with E-state index in [4.69, 9.17) is 9.97 Å². The lowest BCUT2D eigenvalue weighted by atomic mass is 9.65. The second-order valence-electron chi connectivity index (χ2n) is 14.6. The van der Waals surface area contributed by atoms with E-state index in [-0.39, 0.29) is 17.3 Å². The van der Waals surface area contributed by atoms with Gasteiger partial charge in [-0.3, -0.25) is 9.97 Å². The normalized spacial score (nSPS) is 16.9. The van der Waals surface area contributed by atoms with Crippen LogP contribution in [0.2, 0.25) is 0 Å². The maximum Gasteiger partial charge on any atom is 0.160 e. The van der Waals surface area contributed by atoms with Gasteiger partial charge >= 0.3 is 0 Å². The van der Waals surface area contributed by atoms with Gasteiger partial charge in [-0.2, -0.15) is 0 Å². The molecule has 4 nitrogen and oxygen atoms in total. The summed E-state index contributed by atoms with van der Waals surface area (Å²) >= 11 is 0. The van der Waals surface area contributed by atoms with Crippen molar-refractivity contribution in [2.24, 2.45) is 5.92 Å². The van der Waals surface area contributed by atoms with Gasteiger partial charge in [-0.25, -0.2) is 9.97 Å². The van der Waals surface area contributed by atoms with E-state index in [9.17, 15) is 0 Å². The average molecular weight is 703 g/mol. The molecule has 3 heterocycles. The molecule has 2 unspecified atom stereocenters. The van der Waals surface area contributed by atoms with E-state index in [1.807, 2.05) is 30.7 Å². The van der Waals surface area contributed by atoms with Crippen LogP contribution in [0.15, 0.2) is 195 Å². The number of aromatic nitrogens is 4. The Balaban J connectivity index is 1.09. The number of allylic oxidation sites excluding steroid dienone is 4. The minimum Gasteiger partial charge on any atom is -0.264 e. The van der Waals surface area contributed by atoms with Crippen LogP contribution >= 0.6 is 0 Å². The zero-order chi connectivity index (χ0) is 36.3. The fraction of sp³-hybridized carbons (Fsp3) is 0.0588. The highest BCUT2D eigenvalue weighted by molar-refractivity contribution is 5.87. The molecule has 258 valence electrons. The number of nitrogens with zero attached hydrogens (tertiary/aromatic N) is 4. The number of hydrogen-bond acceptors (Lipinski definition) is 4. The summed E-state index contributed by atoms with van der Waals surface area (Å²) in [6.45, 7) is 0. The molecule has 11 rings (SSSR count). The molecule has 3 aliphatic carbocycles. The van der Waals surface area contributed by atoms with E-state index >= 15 is 0 Å². The second kappa shape index (κ2) is 12.5. The van der Waals surface area contributed by atoms with Gasteiger partial charge in [0, 0.05) is 58.9 Å². The second-order valence-corrected chi connectivity index (χ2v) is 14.6. The summed E-state index contributed by atoms with van der Waals surface area (Å²) in [4.78, 5) is 19.4. The molecule has 0 bridgehead atoms. The Bertz CT molecular complexity index is 2780. The van der Waals surface area contributed by atoms with Crippen LogP contribution in [0.3, 0.4) is 0 Å². The van der Waals surface area contributed by atoms with Crippen molar-refractivity contribution in [2.75, 3.05) is 0 Å². The standard InChI is InChI=1S/C51H34N4/c1-4-17-44-40(14-1)41-15-2-5-18-45(41)51(44)46-19-6-3-16-42(46)43-25-24-37(29-47(43)51)50-54-48(34-22-20-33(21-23-34)38-12-8-26-52-31-38)30-49(55-50)36-11-7-10-35(28-36)39-13-9-27-53-32-39/h1-32,43,47H. The first-order valence-electron chi connectivity index (χ1n) is 18.9. The monoisotopic (exact) mass is 702 g/mol. The summed E-state index contributed by atoms with van der Waals surface area (Å²) in [6, 6.07) is 54.5. The molecule has 8 aromatic rings. The quantitative estimate of drug-likeness (QED) is 0.179. The highest BCUT2D eigenvalue weighted by Crippen LogP contribution is 2.65. The van der Waals surface area contributed by atoms with Crippen molar-refractivity contribution < 1.29 is 0 Å². The zero-order valence-electron chi connectivity index (χ0n) is 29.9. The molecule has 0 saturated heterocycles. The van der Waals surface area contributed by atoms with Gasteiger partial charge in [0.15, 0.2) is 5.82 Å². The molecule has 0 N–H and O–H groups in total. The SMILES string of the molecule is C1=CC2c3ccccc3C3(c4ccccc4-c4ccccc43)C2C=C1c1nc(-c2ccc(-c3cccnc3)cc2)cc(-c2cccc(-c3cccnc3)c2)n1.